The van der Waals surface area contributed by atoms with Crippen LogP contribution in [0.4, 0.5) is 0 Å². The number of nitriles is 2. The maximum absolute atomic E-state index is 9.60. The molecule has 4 aromatic rings. The second kappa shape index (κ2) is 7.40. The molecule has 0 saturated heterocycles. The number of hydrogen-bond acceptors (Lipinski definition) is 6. The van der Waals surface area contributed by atoms with Gasteiger partial charge < -0.3 is 0 Å². The van der Waals surface area contributed by atoms with Gasteiger partial charge in [-0.05, 0) is 68.3 Å². The van der Waals surface area contributed by atoms with Crippen LogP contribution in [0.2, 0.25) is 0 Å². The van der Waals surface area contributed by atoms with Gasteiger partial charge in [-0.15, -0.1) is 45.3 Å². The molecule has 0 spiro atoms. The van der Waals surface area contributed by atoms with Crippen LogP contribution < -0.4 is 0 Å². The van der Waals surface area contributed by atoms with E-state index in [1.54, 1.807) is 45.3 Å². The van der Waals surface area contributed by atoms with Crippen LogP contribution in [0.5, 0.6) is 0 Å². The summed E-state index contributed by atoms with van der Waals surface area (Å²) in [5.41, 5.74) is 1.23. The summed E-state index contributed by atoms with van der Waals surface area (Å²) in [6, 6.07) is 16.5. The van der Waals surface area contributed by atoms with E-state index in [1.807, 2.05) is 36.4 Å². The van der Waals surface area contributed by atoms with Crippen molar-refractivity contribution in [3.8, 4) is 41.4 Å². The van der Waals surface area contributed by atoms with E-state index < -0.39 is 0 Å². The van der Waals surface area contributed by atoms with Gasteiger partial charge in [0.2, 0.25) is 0 Å². The van der Waals surface area contributed by atoms with Crippen molar-refractivity contribution in [2.24, 2.45) is 0 Å². The molecule has 126 valence electrons. The molecule has 0 aliphatic rings. The molecule has 0 aliphatic carbocycles. The lowest BCUT2D eigenvalue weighted by Gasteiger charge is -1.94. The van der Waals surface area contributed by atoms with Crippen molar-refractivity contribution in [2.75, 3.05) is 0 Å². The minimum Gasteiger partial charge on any atom is -0.192 e. The van der Waals surface area contributed by atoms with Gasteiger partial charge in [-0.25, -0.2) is 0 Å². The van der Waals surface area contributed by atoms with Gasteiger partial charge in [0, 0.05) is 19.5 Å². The van der Waals surface area contributed by atoms with Crippen LogP contribution in [0.1, 0.15) is 11.1 Å². The first kappa shape index (κ1) is 18.1. The average Bonchev–Trinajstić information content (AvgIpc) is 3.39. The Hall–Kier alpha value is -1.26. The maximum atomic E-state index is 9.60. The second-order valence-corrected chi connectivity index (χ2v) is 12.2. The van der Waals surface area contributed by atoms with Gasteiger partial charge in [-0.3, -0.25) is 0 Å². The van der Waals surface area contributed by atoms with Crippen LogP contribution in [0.3, 0.4) is 0 Å². The first-order valence-corrected chi connectivity index (χ1v) is 12.0. The van der Waals surface area contributed by atoms with Crippen LogP contribution in [-0.2, 0) is 0 Å². The van der Waals surface area contributed by atoms with Gasteiger partial charge in [0.05, 0.1) is 28.5 Å². The fraction of sp³-hybridized carbons (Fsp3) is 0. The first-order chi connectivity index (χ1) is 12.6. The second-order valence-electron chi connectivity index (χ2n) is 5.14. The van der Waals surface area contributed by atoms with Gasteiger partial charge >= 0.3 is 0 Å². The number of thiophene rings is 4. The average molecular weight is 538 g/mol. The zero-order chi connectivity index (χ0) is 18.3. The molecule has 0 aliphatic heterocycles. The number of hydrogen-bond donors (Lipinski definition) is 0. The maximum Gasteiger partial charge on any atom is 0.101 e. The Morgan fingerprint density at radius 2 is 1.04 bits per heavy atom. The minimum atomic E-state index is 0.617. The number of rotatable bonds is 3. The monoisotopic (exact) mass is 536 g/mol. The Morgan fingerprint density at radius 1 is 0.615 bits per heavy atom. The summed E-state index contributed by atoms with van der Waals surface area (Å²) in [7, 11) is 0. The standard InChI is InChI=1S/C18H6Br2N2S4/c19-15-3-1-11(23-15)13-5-9(7-21)17(25-13)18-10(8-22)6-14(26-18)12-2-4-16(20)24-12/h1-6H. The van der Waals surface area contributed by atoms with E-state index in [2.05, 4.69) is 44.0 Å². The summed E-state index contributed by atoms with van der Waals surface area (Å²) < 4.78 is 2.11. The molecule has 8 heteroatoms. The third kappa shape index (κ3) is 3.34. The molecule has 4 rings (SSSR count). The molecule has 2 nitrogen and oxygen atoms in total. The van der Waals surface area contributed by atoms with Crippen molar-refractivity contribution < 1.29 is 0 Å². The van der Waals surface area contributed by atoms with Crippen LogP contribution in [-0.4, -0.2) is 0 Å². The summed E-state index contributed by atoms with van der Waals surface area (Å²) in [6.07, 6.45) is 0. The van der Waals surface area contributed by atoms with E-state index >= 15 is 0 Å². The van der Waals surface area contributed by atoms with Gasteiger partial charge in [0.15, 0.2) is 0 Å². The summed E-state index contributed by atoms with van der Waals surface area (Å²) in [5, 5.41) is 19.2. The van der Waals surface area contributed by atoms with Crippen LogP contribution in [0.25, 0.3) is 29.3 Å². The lowest BCUT2D eigenvalue weighted by molar-refractivity contribution is 1.50. The SMILES string of the molecule is N#Cc1cc(-c2ccc(Br)s2)sc1-c1sc(-c2ccc(Br)s2)cc1C#N. The lowest BCUT2D eigenvalue weighted by atomic mass is 10.1. The highest BCUT2D eigenvalue weighted by Gasteiger charge is 2.20. The molecular weight excluding hydrogens is 532 g/mol. The molecule has 0 bridgehead atoms. The van der Waals surface area contributed by atoms with Gasteiger partial charge in [0.25, 0.3) is 0 Å². The minimum absolute atomic E-state index is 0.617. The van der Waals surface area contributed by atoms with Gasteiger partial charge in [-0.2, -0.15) is 10.5 Å². The zero-order valence-corrected chi connectivity index (χ0v) is 19.2. The summed E-state index contributed by atoms with van der Waals surface area (Å²) in [6.45, 7) is 0. The molecule has 0 saturated carbocycles. The van der Waals surface area contributed by atoms with Crippen molar-refractivity contribution in [2.45, 2.75) is 0 Å². The predicted octanol–water partition coefficient (Wildman–Crippen LogP) is 8.20. The Bertz CT molecular complexity index is 1100. The Balaban J connectivity index is 1.85. The molecule has 0 aromatic carbocycles. The molecule has 0 atom stereocenters. The fourth-order valence-electron chi connectivity index (χ4n) is 2.42. The highest BCUT2D eigenvalue weighted by molar-refractivity contribution is 9.11. The quantitative estimate of drug-likeness (QED) is 0.264. The van der Waals surface area contributed by atoms with E-state index in [1.165, 1.54) is 0 Å². The van der Waals surface area contributed by atoms with E-state index in [0.717, 1.165) is 36.8 Å². The summed E-state index contributed by atoms with van der Waals surface area (Å²) >= 11 is 13.4. The molecule has 26 heavy (non-hydrogen) atoms. The van der Waals surface area contributed by atoms with Crippen LogP contribution in [0.15, 0.2) is 44.0 Å². The Kier molecular flexibility index (Phi) is 5.15. The lowest BCUT2D eigenvalue weighted by Crippen LogP contribution is -1.75. The molecule has 4 heterocycles. The highest BCUT2D eigenvalue weighted by Crippen LogP contribution is 2.47. The third-order valence-electron chi connectivity index (χ3n) is 3.54. The number of nitrogens with zero attached hydrogens (tertiary/aromatic N) is 2. The summed E-state index contributed by atoms with van der Waals surface area (Å²) in [5.74, 6) is 0. The number of halogens is 2. The fourth-order valence-corrected chi connectivity index (χ4v) is 7.73. The molecular formula is C18H6Br2N2S4. The normalized spacial score (nSPS) is 10.6. The molecule has 0 fully saturated rings. The first-order valence-electron chi connectivity index (χ1n) is 7.18. The molecule has 0 radical (unpaired) electrons. The Labute approximate surface area is 182 Å². The van der Waals surface area contributed by atoms with Crippen LogP contribution >= 0.6 is 77.2 Å². The van der Waals surface area contributed by atoms with Crippen LogP contribution in [0, 0.1) is 22.7 Å². The zero-order valence-electron chi connectivity index (χ0n) is 12.7. The van der Waals surface area contributed by atoms with E-state index in [-0.39, 0.29) is 0 Å². The largest absolute Gasteiger partial charge is 0.192 e. The third-order valence-corrected chi connectivity index (χ3v) is 9.62. The van der Waals surface area contributed by atoms with Crippen molar-refractivity contribution in [3.05, 3.63) is 55.1 Å². The van der Waals surface area contributed by atoms with E-state index in [4.69, 9.17) is 0 Å². The van der Waals surface area contributed by atoms with Crippen molar-refractivity contribution >= 4 is 77.2 Å². The predicted molar refractivity (Wildman–Crippen MR) is 119 cm³/mol. The summed E-state index contributed by atoms with van der Waals surface area (Å²) in [4.78, 5) is 6.06. The van der Waals surface area contributed by atoms with Gasteiger partial charge in [-0.1, -0.05) is 0 Å². The smallest absolute Gasteiger partial charge is 0.101 e. The molecule has 0 unspecified atom stereocenters. The van der Waals surface area contributed by atoms with E-state index in [0.29, 0.717) is 11.1 Å². The molecule has 0 N–H and O–H groups in total. The van der Waals surface area contributed by atoms with Gasteiger partial charge in [0.1, 0.15) is 12.1 Å². The topological polar surface area (TPSA) is 47.6 Å². The highest BCUT2D eigenvalue weighted by atomic mass is 79.9. The Morgan fingerprint density at radius 3 is 1.35 bits per heavy atom. The van der Waals surface area contributed by atoms with Crippen molar-refractivity contribution in [1.82, 2.24) is 0 Å². The van der Waals surface area contributed by atoms with E-state index in [9.17, 15) is 10.5 Å². The van der Waals surface area contributed by atoms with Crippen molar-refractivity contribution in [1.29, 1.82) is 10.5 Å². The molecule has 0 amide bonds. The molecule has 4 aromatic heterocycles. The van der Waals surface area contributed by atoms with Crippen molar-refractivity contribution in [3.63, 3.8) is 0 Å².